The molecule has 23 heavy (non-hydrogen) atoms. The number of fused-ring (bicyclic) bond motifs is 2. The number of hydrogen-bond acceptors (Lipinski definition) is 3. The second-order valence-corrected chi connectivity index (χ2v) is 6.80. The number of carbonyl (C=O) groups excluding carboxylic acids is 1. The van der Waals surface area contributed by atoms with E-state index in [1.807, 2.05) is 54.2 Å². The molecule has 120 valence electrons. The summed E-state index contributed by atoms with van der Waals surface area (Å²) >= 11 is 0. The molecule has 0 spiro atoms. The fourth-order valence-electron chi connectivity index (χ4n) is 3.78. The van der Waals surface area contributed by atoms with Gasteiger partial charge in [-0.3, -0.25) is 9.18 Å². The number of rotatable bonds is 3. The summed E-state index contributed by atoms with van der Waals surface area (Å²) in [4.78, 5) is 21.4. The number of alkyl halides is 1. The Hall–Kier alpha value is -2.17. The number of aromatic nitrogens is 1. The van der Waals surface area contributed by atoms with Crippen molar-refractivity contribution in [2.45, 2.75) is 0 Å². The van der Waals surface area contributed by atoms with Crippen molar-refractivity contribution in [2.24, 2.45) is 17.8 Å². The number of amides is 1. The van der Waals surface area contributed by atoms with Crippen LogP contribution in [-0.4, -0.2) is 49.7 Å². The highest BCUT2D eigenvalue weighted by molar-refractivity contribution is 6.07. The van der Waals surface area contributed by atoms with Gasteiger partial charge in [0.25, 0.3) is 5.91 Å². The molecular formula is C18H20FN3O. The van der Waals surface area contributed by atoms with Gasteiger partial charge in [-0.05, 0) is 29.9 Å². The van der Waals surface area contributed by atoms with Gasteiger partial charge >= 0.3 is 0 Å². The van der Waals surface area contributed by atoms with Gasteiger partial charge < -0.3 is 9.80 Å². The highest BCUT2D eigenvalue weighted by atomic mass is 19.1. The predicted molar refractivity (Wildman–Crippen MR) is 88.4 cm³/mol. The van der Waals surface area contributed by atoms with E-state index in [0.717, 1.165) is 16.7 Å². The van der Waals surface area contributed by atoms with E-state index in [9.17, 15) is 9.18 Å². The van der Waals surface area contributed by atoms with Crippen LogP contribution in [0.15, 0.2) is 30.3 Å². The largest absolute Gasteiger partial charge is 0.363 e. The van der Waals surface area contributed by atoms with Crippen molar-refractivity contribution in [1.29, 1.82) is 0 Å². The van der Waals surface area contributed by atoms with E-state index in [1.54, 1.807) is 0 Å². The van der Waals surface area contributed by atoms with Crippen LogP contribution < -0.4 is 4.90 Å². The van der Waals surface area contributed by atoms with Gasteiger partial charge in [0.05, 0.1) is 17.8 Å². The summed E-state index contributed by atoms with van der Waals surface area (Å²) in [6.45, 7) is 1.12. The lowest BCUT2D eigenvalue weighted by atomic mass is 10.1. The molecular weight excluding hydrogens is 293 g/mol. The Bertz CT molecular complexity index is 764. The highest BCUT2D eigenvalue weighted by Crippen LogP contribution is 2.52. The van der Waals surface area contributed by atoms with Gasteiger partial charge in [0.1, 0.15) is 5.82 Å². The zero-order chi connectivity index (χ0) is 16.1. The third-order valence-electron chi connectivity index (χ3n) is 5.23. The summed E-state index contributed by atoms with van der Waals surface area (Å²) in [5, 5.41) is 0.880. The molecule has 2 aromatic rings. The normalized spacial score (nSPS) is 25.5. The van der Waals surface area contributed by atoms with Crippen LogP contribution in [0.25, 0.3) is 10.9 Å². The predicted octanol–water partition coefficient (Wildman–Crippen LogP) is 2.59. The molecule has 2 aliphatic rings. The van der Waals surface area contributed by atoms with E-state index >= 15 is 0 Å². The van der Waals surface area contributed by atoms with Gasteiger partial charge in [-0.15, -0.1) is 0 Å². The monoisotopic (exact) mass is 313 g/mol. The van der Waals surface area contributed by atoms with Crippen LogP contribution in [0.1, 0.15) is 10.4 Å². The minimum Gasteiger partial charge on any atom is -0.363 e. The number of nitrogens with zero attached hydrogens (tertiary/aromatic N) is 3. The minimum absolute atomic E-state index is 0.0384. The van der Waals surface area contributed by atoms with Crippen molar-refractivity contribution in [2.75, 3.05) is 38.8 Å². The van der Waals surface area contributed by atoms with Crippen LogP contribution in [0.2, 0.25) is 0 Å². The molecule has 1 saturated carbocycles. The lowest BCUT2D eigenvalue weighted by molar-refractivity contribution is 0.0767. The average Bonchev–Trinajstić information content (AvgIpc) is 3.04. The van der Waals surface area contributed by atoms with Gasteiger partial charge in [-0.25, -0.2) is 4.98 Å². The van der Waals surface area contributed by atoms with Crippen LogP contribution in [0.4, 0.5) is 10.2 Å². The second-order valence-electron chi connectivity index (χ2n) is 6.80. The molecule has 1 amide bonds. The molecule has 0 N–H and O–H groups in total. The molecule has 2 heterocycles. The molecule has 0 radical (unpaired) electrons. The maximum Gasteiger partial charge on any atom is 0.254 e. The number of hydrogen-bond donors (Lipinski definition) is 0. The standard InChI is InChI=1S/C18H20FN3O/c1-21(2)17-7-12(11-5-3-4-6-16(11)20-17)18(23)22-9-14-13(8-19)15(14)10-22/h3-7,13-15H,8-10H2,1-2H3/t13?,14-,15+. The van der Waals surface area contributed by atoms with Crippen LogP contribution in [-0.2, 0) is 0 Å². The third kappa shape index (κ3) is 2.26. The minimum atomic E-state index is -0.250. The molecule has 1 aliphatic heterocycles. The Balaban J connectivity index is 1.69. The molecule has 2 fully saturated rings. The molecule has 1 aromatic heterocycles. The highest BCUT2D eigenvalue weighted by Gasteiger charge is 2.56. The van der Waals surface area contributed by atoms with Crippen molar-refractivity contribution in [3.05, 3.63) is 35.9 Å². The zero-order valence-corrected chi connectivity index (χ0v) is 13.4. The van der Waals surface area contributed by atoms with E-state index in [0.29, 0.717) is 30.5 Å². The average molecular weight is 313 g/mol. The van der Waals surface area contributed by atoms with Crippen LogP contribution in [0.3, 0.4) is 0 Å². The zero-order valence-electron chi connectivity index (χ0n) is 13.4. The van der Waals surface area contributed by atoms with E-state index in [2.05, 4.69) is 4.98 Å². The molecule has 1 aliphatic carbocycles. The van der Waals surface area contributed by atoms with Crippen molar-refractivity contribution in [3.63, 3.8) is 0 Å². The molecule has 4 nitrogen and oxygen atoms in total. The summed E-state index contributed by atoms with van der Waals surface area (Å²) < 4.78 is 12.8. The quantitative estimate of drug-likeness (QED) is 0.874. The fraction of sp³-hybridized carbons (Fsp3) is 0.444. The molecule has 1 saturated heterocycles. The molecule has 0 bridgehead atoms. The Morgan fingerprint density at radius 2 is 2.00 bits per heavy atom. The topological polar surface area (TPSA) is 36.4 Å². The summed E-state index contributed by atoms with van der Waals surface area (Å²) in [6, 6.07) is 9.59. The Kier molecular flexibility index (Phi) is 3.25. The Morgan fingerprint density at radius 1 is 1.30 bits per heavy atom. The maximum absolute atomic E-state index is 13.0. The third-order valence-corrected chi connectivity index (χ3v) is 5.23. The van der Waals surface area contributed by atoms with E-state index < -0.39 is 0 Å². The first kappa shape index (κ1) is 14.4. The van der Waals surface area contributed by atoms with E-state index in [-0.39, 0.29) is 18.5 Å². The fourth-order valence-corrected chi connectivity index (χ4v) is 3.78. The van der Waals surface area contributed by atoms with Gasteiger partial charge in [0.2, 0.25) is 0 Å². The van der Waals surface area contributed by atoms with Gasteiger partial charge in [0, 0.05) is 32.6 Å². The van der Waals surface area contributed by atoms with Crippen LogP contribution in [0.5, 0.6) is 0 Å². The summed E-state index contributed by atoms with van der Waals surface area (Å²) in [5.41, 5.74) is 1.52. The molecule has 1 unspecified atom stereocenters. The Labute approximate surface area is 134 Å². The molecule has 3 atom stereocenters. The number of pyridine rings is 1. The number of halogens is 1. The van der Waals surface area contributed by atoms with Crippen molar-refractivity contribution < 1.29 is 9.18 Å². The van der Waals surface area contributed by atoms with Crippen molar-refractivity contribution >= 4 is 22.6 Å². The maximum atomic E-state index is 13.0. The van der Waals surface area contributed by atoms with Gasteiger partial charge in [0.15, 0.2) is 0 Å². The van der Waals surface area contributed by atoms with Crippen molar-refractivity contribution in [3.8, 4) is 0 Å². The summed E-state index contributed by atoms with van der Waals surface area (Å²) in [7, 11) is 3.84. The van der Waals surface area contributed by atoms with Gasteiger partial charge in [-0.1, -0.05) is 18.2 Å². The number of piperidine rings is 1. The lowest BCUT2D eigenvalue weighted by Crippen LogP contribution is -2.32. The van der Waals surface area contributed by atoms with E-state index in [4.69, 9.17) is 0 Å². The molecule has 1 aromatic carbocycles. The Morgan fingerprint density at radius 3 is 2.65 bits per heavy atom. The molecule has 5 heteroatoms. The lowest BCUT2D eigenvalue weighted by Gasteiger charge is -2.21. The first-order valence-corrected chi connectivity index (χ1v) is 8.02. The first-order valence-electron chi connectivity index (χ1n) is 8.02. The number of anilines is 1. The summed E-state index contributed by atoms with van der Waals surface area (Å²) in [6.07, 6.45) is 0. The van der Waals surface area contributed by atoms with Crippen molar-refractivity contribution in [1.82, 2.24) is 9.88 Å². The number of carbonyl (C=O) groups is 1. The van der Waals surface area contributed by atoms with E-state index in [1.165, 1.54) is 0 Å². The second kappa shape index (κ2) is 5.18. The van der Waals surface area contributed by atoms with Gasteiger partial charge in [-0.2, -0.15) is 0 Å². The van der Waals surface area contributed by atoms with Crippen LogP contribution in [0, 0.1) is 17.8 Å². The number of para-hydroxylation sites is 1. The smallest absolute Gasteiger partial charge is 0.254 e. The first-order chi connectivity index (χ1) is 11.1. The van der Waals surface area contributed by atoms with Crippen LogP contribution >= 0.6 is 0 Å². The SMILES string of the molecule is CN(C)c1cc(C(=O)N2C[C@@H]3C(CF)[C@@H]3C2)c2ccccc2n1. The summed E-state index contributed by atoms with van der Waals surface area (Å²) in [5.74, 6) is 1.73. The number of benzene rings is 1. The molecule has 4 rings (SSSR count). The number of likely N-dealkylation sites (tertiary alicyclic amines) is 1.